The molecule has 0 radical (unpaired) electrons. The molecule has 4 aliphatic rings. The molecule has 1 saturated heterocycles. The van der Waals surface area contributed by atoms with Crippen molar-refractivity contribution >= 4 is 5.91 Å². The number of aliphatic hydroxyl groups is 1. The van der Waals surface area contributed by atoms with Gasteiger partial charge in [-0.05, 0) is 60.8 Å². The van der Waals surface area contributed by atoms with Crippen LogP contribution in [0.25, 0.3) is 0 Å². The van der Waals surface area contributed by atoms with Gasteiger partial charge in [-0.1, -0.05) is 6.08 Å². The smallest absolute Gasteiger partial charge is 0.252 e. The quantitative estimate of drug-likeness (QED) is 0.815. The highest BCUT2D eigenvalue weighted by Crippen LogP contribution is 2.51. The van der Waals surface area contributed by atoms with Crippen molar-refractivity contribution in [3.63, 3.8) is 0 Å². The maximum atomic E-state index is 12.6. The lowest BCUT2D eigenvalue weighted by molar-refractivity contribution is -0.120. The lowest BCUT2D eigenvalue weighted by Crippen LogP contribution is -2.57. The molecule has 1 saturated carbocycles. The van der Waals surface area contributed by atoms with Gasteiger partial charge in [-0.2, -0.15) is 0 Å². The summed E-state index contributed by atoms with van der Waals surface area (Å²) in [5.41, 5.74) is 5.38. The van der Waals surface area contributed by atoms with Gasteiger partial charge >= 0.3 is 0 Å². The van der Waals surface area contributed by atoms with E-state index in [4.69, 9.17) is 0 Å². The van der Waals surface area contributed by atoms with E-state index in [1.54, 1.807) is 0 Å². The first-order chi connectivity index (χ1) is 10.1. The van der Waals surface area contributed by atoms with Gasteiger partial charge < -0.3 is 15.3 Å². The van der Waals surface area contributed by atoms with Crippen LogP contribution < -0.4 is 5.32 Å². The van der Waals surface area contributed by atoms with E-state index in [2.05, 4.69) is 29.4 Å². The fraction of sp³-hybridized carbons (Fsp3) is 0.471. The second kappa shape index (κ2) is 4.42. The summed E-state index contributed by atoms with van der Waals surface area (Å²) in [5.74, 6) is -0.0476. The second-order valence-corrected chi connectivity index (χ2v) is 6.60. The lowest BCUT2D eigenvalue weighted by Gasteiger charge is -2.40. The molecule has 2 N–H and O–H groups in total. The second-order valence-electron chi connectivity index (χ2n) is 6.60. The summed E-state index contributed by atoms with van der Waals surface area (Å²) < 4.78 is 0. The molecule has 21 heavy (non-hydrogen) atoms. The summed E-state index contributed by atoms with van der Waals surface area (Å²) in [7, 11) is 2.07. The number of carbonyl (C=O) groups is 1. The number of hydrogen-bond donors (Lipinski definition) is 2. The number of hydrogen-bond acceptors (Lipinski definition) is 3. The molecule has 0 aromatic heterocycles. The van der Waals surface area contributed by atoms with Gasteiger partial charge in [0.2, 0.25) is 0 Å². The van der Waals surface area contributed by atoms with Crippen LogP contribution in [0.15, 0.2) is 46.1 Å². The predicted molar refractivity (Wildman–Crippen MR) is 80.6 cm³/mol. The number of piperidine rings is 1. The van der Waals surface area contributed by atoms with E-state index in [1.807, 2.05) is 6.08 Å². The largest absolute Gasteiger partial charge is 0.394 e. The molecule has 1 heterocycles. The van der Waals surface area contributed by atoms with Crippen molar-refractivity contribution in [2.45, 2.75) is 24.8 Å². The van der Waals surface area contributed by atoms with Crippen molar-refractivity contribution in [3.05, 3.63) is 46.1 Å². The average molecular weight is 284 g/mol. The summed E-state index contributed by atoms with van der Waals surface area (Å²) in [6.07, 6.45) is 8.79. The minimum atomic E-state index is -0.463. The van der Waals surface area contributed by atoms with Gasteiger partial charge in [-0.25, -0.2) is 0 Å². The van der Waals surface area contributed by atoms with Gasteiger partial charge in [0.05, 0.1) is 12.1 Å². The van der Waals surface area contributed by atoms with Crippen molar-refractivity contribution in [2.75, 3.05) is 26.7 Å². The van der Waals surface area contributed by atoms with E-state index in [1.165, 1.54) is 16.7 Å². The van der Waals surface area contributed by atoms with Crippen molar-refractivity contribution in [1.82, 2.24) is 10.2 Å². The molecule has 0 spiro atoms. The summed E-state index contributed by atoms with van der Waals surface area (Å²) >= 11 is 0. The monoisotopic (exact) mass is 284 g/mol. The number of amides is 1. The molecule has 0 atom stereocenters. The Labute approximate surface area is 124 Å². The highest BCUT2D eigenvalue weighted by atomic mass is 16.3. The zero-order valence-corrected chi connectivity index (χ0v) is 12.3. The summed E-state index contributed by atoms with van der Waals surface area (Å²) in [5, 5.41) is 12.9. The average Bonchev–Trinajstić information content (AvgIpc) is 2.96. The van der Waals surface area contributed by atoms with Gasteiger partial charge in [0, 0.05) is 18.7 Å². The topological polar surface area (TPSA) is 52.6 Å². The molecule has 0 aromatic rings. The Morgan fingerprint density at radius 2 is 2.10 bits per heavy atom. The van der Waals surface area contributed by atoms with E-state index in [-0.39, 0.29) is 12.5 Å². The third-order valence-corrected chi connectivity index (χ3v) is 5.14. The van der Waals surface area contributed by atoms with Crippen LogP contribution in [0.3, 0.4) is 0 Å². The molecule has 3 aliphatic carbocycles. The Balaban J connectivity index is 1.54. The Bertz CT molecular complexity index is 644. The number of likely N-dealkylation sites (tertiary alicyclic amines) is 1. The van der Waals surface area contributed by atoms with Crippen molar-refractivity contribution in [2.24, 2.45) is 0 Å². The third-order valence-electron chi connectivity index (χ3n) is 5.14. The minimum Gasteiger partial charge on any atom is -0.394 e. The molecule has 4 heteroatoms. The molecular weight excluding hydrogens is 264 g/mol. The molecule has 1 aliphatic heterocycles. The van der Waals surface area contributed by atoms with Gasteiger partial charge in [0.15, 0.2) is 0 Å². The Hall–Kier alpha value is -1.65. The first kappa shape index (κ1) is 13.0. The maximum absolute atomic E-state index is 12.6. The molecule has 1 amide bonds. The van der Waals surface area contributed by atoms with E-state index in [0.717, 1.165) is 43.5 Å². The Morgan fingerprint density at radius 3 is 2.81 bits per heavy atom. The molecule has 4 rings (SSSR count). The van der Waals surface area contributed by atoms with Gasteiger partial charge in [-0.15, -0.1) is 0 Å². The van der Waals surface area contributed by atoms with Crippen LogP contribution in [0, 0.1) is 0 Å². The summed E-state index contributed by atoms with van der Waals surface area (Å²) in [6, 6.07) is 0. The highest BCUT2D eigenvalue weighted by molar-refractivity contribution is 6.02. The number of nitrogens with one attached hydrogen (secondary N) is 1. The number of nitrogens with zero attached hydrogens (tertiary/aromatic N) is 1. The van der Waals surface area contributed by atoms with Gasteiger partial charge in [0.1, 0.15) is 0 Å². The van der Waals surface area contributed by atoms with Crippen LogP contribution in [-0.2, 0) is 4.79 Å². The lowest BCUT2D eigenvalue weighted by atomic mass is 9.88. The number of allylic oxidation sites excluding steroid dienone is 6. The van der Waals surface area contributed by atoms with Crippen molar-refractivity contribution in [3.8, 4) is 0 Å². The first-order valence-corrected chi connectivity index (χ1v) is 7.61. The Kier molecular flexibility index (Phi) is 2.75. The number of fused-ring (bicyclic) bond motifs is 2. The van der Waals surface area contributed by atoms with Crippen LogP contribution in [0.5, 0.6) is 0 Å². The number of rotatable bonds is 3. The zero-order chi connectivity index (χ0) is 14.6. The van der Waals surface area contributed by atoms with Crippen LogP contribution in [0.1, 0.15) is 19.3 Å². The van der Waals surface area contributed by atoms with E-state index in [9.17, 15) is 9.90 Å². The molecule has 4 nitrogen and oxygen atoms in total. The van der Waals surface area contributed by atoms with Gasteiger partial charge in [0.25, 0.3) is 5.91 Å². The van der Waals surface area contributed by atoms with E-state index in [0.29, 0.717) is 0 Å². The standard InChI is InChI=1S/C17H20N2O2/c1-19-6-4-17(10-20,5-7-19)18-16(21)13-3-2-12-14-8-11(14)9-15(12)13/h2-3,9,20H,4-8,10H2,1H3,(H,18,21). The molecule has 0 bridgehead atoms. The predicted octanol–water partition coefficient (Wildman–Crippen LogP) is 1.07. The van der Waals surface area contributed by atoms with E-state index >= 15 is 0 Å². The molecule has 0 aromatic carbocycles. The molecule has 110 valence electrons. The normalized spacial score (nSPS) is 25.9. The first-order valence-electron chi connectivity index (χ1n) is 7.61. The van der Waals surface area contributed by atoms with Crippen LogP contribution >= 0.6 is 0 Å². The van der Waals surface area contributed by atoms with Crippen LogP contribution in [-0.4, -0.2) is 48.2 Å². The fourth-order valence-corrected chi connectivity index (χ4v) is 3.51. The minimum absolute atomic E-state index is 0.00788. The summed E-state index contributed by atoms with van der Waals surface area (Å²) in [6.45, 7) is 1.82. The zero-order valence-electron chi connectivity index (χ0n) is 12.3. The third kappa shape index (κ3) is 2.01. The van der Waals surface area contributed by atoms with Crippen molar-refractivity contribution in [1.29, 1.82) is 0 Å². The van der Waals surface area contributed by atoms with Crippen molar-refractivity contribution < 1.29 is 9.90 Å². The van der Waals surface area contributed by atoms with E-state index < -0.39 is 5.54 Å². The SMILES string of the molecule is CN1CCC(CO)(NC(=O)C2=C3C=C4CC4=C3C=C2)CC1. The highest BCUT2D eigenvalue weighted by Gasteiger charge is 2.38. The summed E-state index contributed by atoms with van der Waals surface area (Å²) in [4.78, 5) is 14.9. The number of carbonyl (C=O) groups excluding carboxylic acids is 1. The Morgan fingerprint density at radius 1 is 1.33 bits per heavy atom. The fourth-order valence-electron chi connectivity index (χ4n) is 3.51. The van der Waals surface area contributed by atoms with Crippen LogP contribution in [0.4, 0.5) is 0 Å². The number of aliphatic hydroxyl groups excluding tert-OH is 1. The van der Waals surface area contributed by atoms with Crippen LogP contribution in [0.2, 0.25) is 0 Å². The molecule has 2 fully saturated rings. The maximum Gasteiger partial charge on any atom is 0.252 e. The van der Waals surface area contributed by atoms with Gasteiger partial charge in [-0.3, -0.25) is 4.79 Å². The molecule has 0 unspecified atom stereocenters. The molecular formula is C17H20N2O2.